The van der Waals surface area contributed by atoms with Gasteiger partial charge in [0.25, 0.3) is 0 Å². The van der Waals surface area contributed by atoms with Crippen LogP contribution in [0, 0.1) is 5.92 Å². The van der Waals surface area contributed by atoms with Crippen molar-refractivity contribution in [3.05, 3.63) is 22.2 Å². The van der Waals surface area contributed by atoms with Crippen molar-refractivity contribution in [1.29, 1.82) is 0 Å². The zero-order chi connectivity index (χ0) is 16.7. The Hall–Kier alpha value is -2.05. The molecule has 0 heterocycles. The molecule has 0 aromatic carbocycles. The van der Waals surface area contributed by atoms with Gasteiger partial charge in [0.2, 0.25) is 5.91 Å². The number of hydrogen-bond donors (Lipinski definition) is 2. The monoisotopic (exact) mass is 310 g/mol. The molecule has 0 saturated carbocycles. The van der Waals surface area contributed by atoms with E-state index in [2.05, 4.69) is 15.3 Å². The molecule has 2 N–H and O–H groups in total. The van der Waals surface area contributed by atoms with Crippen LogP contribution in [-0.4, -0.2) is 35.2 Å². The van der Waals surface area contributed by atoms with E-state index >= 15 is 0 Å². The van der Waals surface area contributed by atoms with Crippen molar-refractivity contribution in [1.82, 2.24) is 5.32 Å². The van der Waals surface area contributed by atoms with E-state index < -0.39 is 24.0 Å². The predicted molar refractivity (Wildman–Crippen MR) is 79.8 cm³/mol. The average molecular weight is 310 g/mol. The summed E-state index contributed by atoms with van der Waals surface area (Å²) in [5.74, 6) is -2.11. The topological polar surface area (TPSA) is 124 Å². The molecule has 0 fully saturated rings. The number of rotatable bonds is 7. The van der Waals surface area contributed by atoms with E-state index in [0.29, 0.717) is 0 Å². The number of carboxylic acid groups (broad SMARTS) is 1. The van der Waals surface area contributed by atoms with Crippen LogP contribution < -0.4 is 5.32 Å². The van der Waals surface area contributed by atoms with Gasteiger partial charge in [0.15, 0.2) is 0 Å². The number of carbonyl (C=O) groups is 2. The van der Waals surface area contributed by atoms with E-state index in [1.54, 1.807) is 0 Å². The zero-order valence-electron chi connectivity index (χ0n) is 13.0. The lowest BCUT2D eigenvalue weighted by Crippen LogP contribution is -2.49. The van der Waals surface area contributed by atoms with Crippen LogP contribution in [0.1, 0.15) is 40.0 Å². The molecule has 0 radical (unpaired) electrons. The van der Waals surface area contributed by atoms with Crippen molar-refractivity contribution in [2.24, 2.45) is 11.0 Å². The fourth-order valence-electron chi connectivity index (χ4n) is 2.52. The minimum Gasteiger partial charge on any atom is -0.481 e. The first-order chi connectivity index (χ1) is 10.4. The van der Waals surface area contributed by atoms with Crippen molar-refractivity contribution in [2.45, 2.75) is 58.3 Å². The number of azide groups is 1. The number of nitrogens with one attached hydrogen (secondary N) is 1. The second-order valence-corrected chi connectivity index (χ2v) is 5.25. The summed E-state index contributed by atoms with van der Waals surface area (Å²) in [4.78, 5) is 25.4. The number of carboxylic acids is 1. The molecule has 0 spiro atoms. The average Bonchev–Trinajstić information content (AvgIpc) is 2.46. The van der Waals surface area contributed by atoms with E-state index in [1.165, 1.54) is 13.0 Å². The van der Waals surface area contributed by atoms with Gasteiger partial charge in [-0.2, -0.15) is 0 Å². The molecule has 0 bridgehead atoms. The molecule has 0 aromatic rings. The van der Waals surface area contributed by atoms with Gasteiger partial charge in [-0.05, 0) is 24.8 Å². The summed E-state index contributed by atoms with van der Waals surface area (Å²) in [7, 11) is 0. The minimum absolute atomic E-state index is 0.0406. The molecular formula is C14H22N4O4. The van der Waals surface area contributed by atoms with Crippen LogP contribution in [0.15, 0.2) is 16.9 Å². The molecule has 1 rings (SSSR count). The maximum Gasteiger partial charge on any atom is 0.310 e. The van der Waals surface area contributed by atoms with E-state index in [4.69, 9.17) is 10.3 Å². The van der Waals surface area contributed by atoms with Gasteiger partial charge in [0.05, 0.1) is 24.2 Å². The summed E-state index contributed by atoms with van der Waals surface area (Å²) in [5.41, 5.74) is 8.86. The lowest BCUT2D eigenvalue weighted by molar-refractivity contribution is -0.142. The third kappa shape index (κ3) is 4.75. The first-order valence-electron chi connectivity index (χ1n) is 7.35. The van der Waals surface area contributed by atoms with Crippen molar-refractivity contribution in [2.75, 3.05) is 0 Å². The first-order valence-corrected chi connectivity index (χ1v) is 7.35. The lowest BCUT2D eigenvalue weighted by atomic mass is 9.87. The van der Waals surface area contributed by atoms with Gasteiger partial charge in [0.1, 0.15) is 0 Å². The largest absolute Gasteiger partial charge is 0.481 e. The van der Waals surface area contributed by atoms with Crippen LogP contribution >= 0.6 is 0 Å². The van der Waals surface area contributed by atoms with Gasteiger partial charge >= 0.3 is 5.97 Å². The quantitative estimate of drug-likeness (QED) is 0.425. The summed E-state index contributed by atoms with van der Waals surface area (Å²) < 4.78 is 5.96. The highest BCUT2D eigenvalue weighted by atomic mass is 16.5. The Bertz CT molecular complexity index is 495. The molecule has 8 nitrogen and oxygen atoms in total. The molecule has 122 valence electrons. The Balaban J connectivity index is 3.13. The number of hydrogen-bond acceptors (Lipinski definition) is 4. The summed E-state index contributed by atoms with van der Waals surface area (Å²) >= 11 is 0. The van der Waals surface area contributed by atoms with Gasteiger partial charge in [-0.25, -0.2) is 0 Å². The normalized spacial score (nSPS) is 24.4. The van der Waals surface area contributed by atoms with Crippen molar-refractivity contribution >= 4 is 11.9 Å². The van der Waals surface area contributed by atoms with Crippen LogP contribution in [-0.2, 0) is 14.3 Å². The molecule has 3 atom stereocenters. The number of amides is 1. The molecule has 22 heavy (non-hydrogen) atoms. The van der Waals surface area contributed by atoms with Crippen molar-refractivity contribution in [3.8, 4) is 0 Å². The van der Waals surface area contributed by atoms with Crippen LogP contribution in [0.3, 0.4) is 0 Å². The van der Waals surface area contributed by atoms with E-state index in [9.17, 15) is 14.7 Å². The highest BCUT2D eigenvalue weighted by molar-refractivity contribution is 5.75. The Morgan fingerprint density at radius 3 is 2.64 bits per heavy atom. The maximum absolute atomic E-state index is 11.4. The molecule has 8 heteroatoms. The van der Waals surface area contributed by atoms with Crippen LogP contribution in [0.5, 0.6) is 0 Å². The molecular weight excluding hydrogens is 288 g/mol. The Kier molecular flexibility index (Phi) is 6.88. The number of carbonyl (C=O) groups excluding carboxylic acids is 1. The van der Waals surface area contributed by atoms with Crippen molar-refractivity contribution in [3.63, 3.8) is 0 Å². The highest BCUT2D eigenvalue weighted by Gasteiger charge is 2.36. The molecule has 1 amide bonds. The molecule has 0 aliphatic heterocycles. The number of ether oxygens (including phenoxy) is 1. The van der Waals surface area contributed by atoms with Gasteiger partial charge in [-0.1, -0.05) is 25.0 Å². The highest BCUT2D eigenvalue weighted by Crippen LogP contribution is 2.29. The predicted octanol–water partition coefficient (Wildman–Crippen LogP) is 2.36. The maximum atomic E-state index is 11.4. The van der Waals surface area contributed by atoms with E-state index in [0.717, 1.165) is 12.8 Å². The smallest absolute Gasteiger partial charge is 0.310 e. The number of aliphatic carboxylic acids is 1. The molecule has 3 unspecified atom stereocenters. The fraction of sp³-hybridized carbons (Fsp3) is 0.714. The second kappa shape index (κ2) is 8.41. The third-order valence-electron chi connectivity index (χ3n) is 3.66. The molecule has 0 aromatic heterocycles. The third-order valence-corrected chi connectivity index (χ3v) is 3.66. The van der Waals surface area contributed by atoms with Crippen molar-refractivity contribution < 1.29 is 19.4 Å². The molecule has 1 aliphatic rings. The minimum atomic E-state index is -1.01. The van der Waals surface area contributed by atoms with Crippen LogP contribution in [0.25, 0.3) is 10.4 Å². The zero-order valence-corrected chi connectivity index (χ0v) is 13.0. The van der Waals surface area contributed by atoms with Gasteiger partial charge in [0, 0.05) is 17.5 Å². The van der Waals surface area contributed by atoms with E-state index in [-0.39, 0.29) is 24.1 Å². The standard InChI is InChI=1S/C14H22N4O4/c1-4-10(5-2)22-12-7-9(14(20)21)6-11(17-18-15)13(12)16-8(3)19/h6,9-10,12-13H,4-5,7H2,1-3H3,(H,16,19)(H,20,21). The lowest BCUT2D eigenvalue weighted by Gasteiger charge is -2.35. The van der Waals surface area contributed by atoms with Gasteiger partial charge in [-0.15, -0.1) is 0 Å². The van der Waals surface area contributed by atoms with E-state index in [1.807, 2.05) is 13.8 Å². The first kappa shape index (κ1) is 18.0. The fourth-order valence-corrected chi connectivity index (χ4v) is 2.52. The Morgan fingerprint density at radius 1 is 1.55 bits per heavy atom. The summed E-state index contributed by atoms with van der Waals surface area (Å²) in [6.07, 6.45) is 2.58. The summed E-state index contributed by atoms with van der Waals surface area (Å²) in [5, 5.41) is 15.5. The summed E-state index contributed by atoms with van der Waals surface area (Å²) in [6.45, 7) is 5.30. The number of nitrogens with zero attached hydrogens (tertiary/aromatic N) is 3. The Morgan fingerprint density at radius 2 is 2.18 bits per heavy atom. The molecule has 0 saturated heterocycles. The van der Waals surface area contributed by atoms with Crippen LogP contribution in [0.4, 0.5) is 0 Å². The van der Waals surface area contributed by atoms with Gasteiger partial charge in [-0.3, -0.25) is 9.59 Å². The second-order valence-electron chi connectivity index (χ2n) is 5.25. The van der Waals surface area contributed by atoms with Crippen LogP contribution in [0.2, 0.25) is 0 Å². The summed E-state index contributed by atoms with van der Waals surface area (Å²) in [6, 6.07) is -0.635. The van der Waals surface area contributed by atoms with Gasteiger partial charge < -0.3 is 15.2 Å². The Labute approximate surface area is 129 Å². The SMILES string of the molecule is CCC(CC)OC1CC(C(=O)O)C=C(N=[N+]=[N-])C1NC(C)=O. The molecule has 1 aliphatic carbocycles.